The van der Waals surface area contributed by atoms with Gasteiger partial charge in [0, 0.05) is 6.04 Å². The van der Waals surface area contributed by atoms with Crippen molar-refractivity contribution < 1.29 is 9.53 Å². The molecule has 0 radical (unpaired) electrons. The van der Waals surface area contributed by atoms with Gasteiger partial charge in [0.2, 0.25) is 0 Å². The predicted molar refractivity (Wildman–Crippen MR) is 83.5 cm³/mol. The van der Waals surface area contributed by atoms with Gasteiger partial charge in [-0.1, -0.05) is 6.07 Å². The first kappa shape index (κ1) is 15.8. The van der Waals surface area contributed by atoms with E-state index < -0.39 is 5.60 Å². The molecule has 2 heterocycles. The van der Waals surface area contributed by atoms with Gasteiger partial charge in [-0.15, -0.1) is 0 Å². The number of hydrogen-bond donors (Lipinski definition) is 1. The third-order valence-electron chi connectivity index (χ3n) is 3.43. The van der Waals surface area contributed by atoms with Gasteiger partial charge in [0.15, 0.2) is 5.69 Å². The van der Waals surface area contributed by atoms with Crippen LogP contribution in [0.4, 0.5) is 5.82 Å². The Hall–Kier alpha value is -1.62. The number of nitrogens with one attached hydrogen (secondary N) is 1. The molecular weight excluding hydrogens is 266 g/mol. The molecular formula is C16H25N3O2. The van der Waals surface area contributed by atoms with Crippen molar-refractivity contribution in [3.05, 3.63) is 23.9 Å². The van der Waals surface area contributed by atoms with Crippen LogP contribution in [0, 0.1) is 0 Å². The number of nitrogens with zero attached hydrogens (tertiary/aromatic N) is 2. The standard InChI is InChI=1S/C16H25N3O2/c1-16(2,3)21-15(20)13-6-5-7-14(18-13)17-12-8-10-19(4)11-9-12/h5-7,12H,8-11H2,1-4H3,(H,17,18). The molecule has 1 saturated heterocycles. The van der Waals surface area contributed by atoms with Crippen LogP contribution < -0.4 is 5.32 Å². The number of ether oxygens (including phenoxy) is 1. The molecule has 1 aliphatic heterocycles. The summed E-state index contributed by atoms with van der Waals surface area (Å²) in [6.07, 6.45) is 2.18. The first-order valence-corrected chi connectivity index (χ1v) is 7.49. The molecule has 1 aromatic heterocycles. The summed E-state index contributed by atoms with van der Waals surface area (Å²) in [6, 6.07) is 5.84. The summed E-state index contributed by atoms with van der Waals surface area (Å²) in [6.45, 7) is 7.73. The van der Waals surface area contributed by atoms with Gasteiger partial charge in [-0.3, -0.25) is 0 Å². The quantitative estimate of drug-likeness (QED) is 0.867. The number of likely N-dealkylation sites (tertiary alicyclic amines) is 1. The highest BCUT2D eigenvalue weighted by Gasteiger charge is 2.20. The summed E-state index contributed by atoms with van der Waals surface area (Å²) >= 11 is 0. The minimum Gasteiger partial charge on any atom is -0.455 e. The van der Waals surface area contributed by atoms with Gasteiger partial charge in [0.05, 0.1) is 0 Å². The fourth-order valence-corrected chi connectivity index (χ4v) is 2.32. The van der Waals surface area contributed by atoms with Crippen LogP contribution in [0.2, 0.25) is 0 Å². The number of carbonyl (C=O) groups excluding carboxylic acids is 1. The monoisotopic (exact) mass is 291 g/mol. The van der Waals surface area contributed by atoms with Gasteiger partial charge in [-0.05, 0) is 65.9 Å². The summed E-state index contributed by atoms with van der Waals surface area (Å²) in [5, 5.41) is 3.41. The smallest absolute Gasteiger partial charge is 0.357 e. The summed E-state index contributed by atoms with van der Waals surface area (Å²) in [5.74, 6) is 0.363. The third-order valence-corrected chi connectivity index (χ3v) is 3.43. The van der Waals surface area contributed by atoms with Crippen LogP contribution in [0.15, 0.2) is 18.2 Å². The van der Waals surface area contributed by atoms with Gasteiger partial charge in [0.1, 0.15) is 11.4 Å². The molecule has 1 fully saturated rings. The molecule has 0 aromatic carbocycles. The predicted octanol–water partition coefficient (Wildman–Crippen LogP) is 2.54. The van der Waals surface area contributed by atoms with Crippen LogP contribution in [-0.2, 0) is 4.74 Å². The second kappa shape index (κ2) is 6.43. The Labute approximate surface area is 126 Å². The third kappa shape index (κ3) is 5.01. The Balaban J connectivity index is 1.99. The van der Waals surface area contributed by atoms with E-state index in [-0.39, 0.29) is 5.97 Å². The van der Waals surface area contributed by atoms with Crippen LogP contribution in [0.3, 0.4) is 0 Å². The lowest BCUT2D eigenvalue weighted by molar-refractivity contribution is 0.00630. The van der Waals surface area contributed by atoms with Crippen LogP contribution in [-0.4, -0.2) is 47.6 Å². The summed E-state index contributed by atoms with van der Waals surface area (Å²) in [7, 11) is 2.14. The minimum atomic E-state index is -0.504. The minimum absolute atomic E-state index is 0.350. The molecule has 116 valence electrons. The molecule has 0 aliphatic carbocycles. The highest BCUT2D eigenvalue weighted by atomic mass is 16.6. The van der Waals surface area contributed by atoms with Crippen molar-refractivity contribution in [3.8, 4) is 0 Å². The van der Waals surface area contributed by atoms with Crippen molar-refractivity contribution in [2.75, 3.05) is 25.5 Å². The van der Waals surface area contributed by atoms with E-state index in [2.05, 4.69) is 22.2 Å². The van der Waals surface area contributed by atoms with E-state index in [0.717, 1.165) is 31.7 Å². The number of esters is 1. The maximum Gasteiger partial charge on any atom is 0.357 e. The topological polar surface area (TPSA) is 54.5 Å². The fourth-order valence-electron chi connectivity index (χ4n) is 2.32. The Kier molecular flexibility index (Phi) is 4.83. The normalized spacial score (nSPS) is 17.5. The van der Waals surface area contributed by atoms with Gasteiger partial charge in [0.25, 0.3) is 0 Å². The molecule has 5 nitrogen and oxygen atoms in total. The van der Waals surface area contributed by atoms with Gasteiger partial charge in [-0.25, -0.2) is 9.78 Å². The van der Waals surface area contributed by atoms with Gasteiger partial charge in [-0.2, -0.15) is 0 Å². The lowest BCUT2D eigenvalue weighted by atomic mass is 10.1. The molecule has 0 amide bonds. The van der Waals surface area contributed by atoms with Gasteiger partial charge < -0.3 is 15.0 Å². The van der Waals surface area contributed by atoms with E-state index in [9.17, 15) is 4.79 Å². The number of rotatable bonds is 3. The van der Waals surface area contributed by atoms with Crippen LogP contribution in [0.5, 0.6) is 0 Å². The molecule has 0 atom stereocenters. The van der Waals surface area contributed by atoms with Crippen molar-refractivity contribution in [3.63, 3.8) is 0 Å². The molecule has 0 spiro atoms. The number of aromatic nitrogens is 1. The molecule has 2 rings (SSSR count). The summed E-state index contributed by atoms with van der Waals surface area (Å²) in [4.78, 5) is 18.7. The van der Waals surface area contributed by atoms with E-state index in [1.165, 1.54) is 0 Å². The second-order valence-electron chi connectivity index (χ2n) is 6.63. The average molecular weight is 291 g/mol. The van der Waals surface area contributed by atoms with Crippen molar-refractivity contribution >= 4 is 11.8 Å². The zero-order valence-corrected chi connectivity index (χ0v) is 13.3. The van der Waals surface area contributed by atoms with E-state index in [0.29, 0.717) is 11.7 Å². The van der Waals surface area contributed by atoms with E-state index in [1.807, 2.05) is 32.9 Å². The first-order chi connectivity index (χ1) is 9.83. The van der Waals surface area contributed by atoms with Crippen molar-refractivity contribution in [1.82, 2.24) is 9.88 Å². The molecule has 21 heavy (non-hydrogen) atoms. The average Bonchev–Trinajstić information content (AvgIpc) is 2.40. The van der Waals surface area contributed by atoms with Crippen LogP contribution >= 0.6 is 0 Å². The van der Waals surface area contributed by atoms with E-state index in [4.69, 9.17) is 4.74 Å². The molecule has 0 unspecified atom stereocenters. The zero-order chi connectivity index (χ0) is 15.5. The number of anilines is 1. The second-order valence-corrected chi connectivity index (χ2v) is 6.63. The number of pyridine rings is 1. The summed E-state index contributed by atoms with van der Waals surface area (Å²) in [5.41, 5.74) is -0.154. The van der Waals surface area contributed by atoms with Crippen molar-refractivity contribution in [2.24, 2.45) is 0 Å². The zero-order valence-electron chi connectivity index (χ0n) is 13.3. The number of carbonyl (C=O) groups is 1. The Morgan fingerprint density at radius 2 is 2.00 bits per heavy atom. The molecule has 1 N–H and O–H groups in total. The Bertz CT molecular complexity index is 489. The largest absolute Gasteiger partial charge is 0.455 e. The Morgan fingerprint density at radius 1 is 1.33 bits per heavy atom. The Morgan fingerprint density at radius 3 is 2.62 bits per heavy atom. The molecule has 1 aromatic rings. The van der Waals surface area contributed by atoms with Crippen molar-refractivity contribution in [2.45, 2.75) is 45.3 Å². The number of hydrogen-bond acceptors (Lipinski definition) is 5. The SMILES string of the molecule is CN1CCC(Nc2cccc(C(=O)OC(C)(C)C)n2)CC1. The molecule has 0 bridgehead atoms. The number of piperidine rings is 1. The van der Waals surface area contributed by atoms with E-state index >= 15 is 0 Å². The van der Waals surface area contributed by atoms with E-state index in [1.54, 1.807) is 6.07 Å². The van der Waals surface area contributed by atoms with Crippen LogP contribution in [0.25, 0.3) is 0 Å². The molecule has 1 aliphatic rings. The van der Waals surface area contributed by atoms with Crippen LogP contribution in [0.1, 0.15) is 44.1 Å². The lowest BCUT2D eigenvalue weighted by Gasteiger charge is -2.29. The fraction of sp³-hybridized carbons (Fsp3) is 0.625. The molecule has 0 saturated carbocycles. The highest BCUT2D eigenvalue weighted by molar-refractivity contribution is 5.87. The van der Waals surface area contributed by atoms with Crippen molar-refractivity contribution in [1.29, 1.82) is 0 Å². The maximum atomic E-state index is 12.0. The maximum absolute atomic E-state index is 12.0. The summed E-state index contributed by atoms with van der Waals surface area (Å²) < 4.78 is 5.35. The first-order valence-electron chi connectivity index (χ1n) is 7.49. The molecule has 5 heteroatoms. The highest BCUT2D eigenvalue weighted by Crippen LogP contribution is 2.16. The lowest BCUT2D eigenvalue weighted by Crippen LogP contribution is -2.37. The van der Waals surface area contributed by atoms with Gasteiger partial charge >= 0.3 is 5.97 Å².